The van der Waals surface area contributed by atoms with E-state index in [9.17, 15) is 23.1 Å². The molecule has 0 radical (unpaired) electrons. The first-order chi connectivity index (χ1) is 16.2. The van der Waals surface area contributed by atoms with Crippen LogP contribution in [0.15, 0.2) is 60.8 Å². The van der Waals surface area contributed by atoms with Gasteiger partial charge in [0.05, 0.1) is 23.6 Å². The predicted molar refractivity (Wildman–Crippen MR) is 118 cm³/mol. The maximum Gasteiger partial charge on any atom is 1.00 e. The van der Waals surface area contributed by atoms with E-state index in [1.54, 1.807) is 24.4 Å². The Morgan fingerprint density at radius 2 is 1.77 bits per heavy atom. The van der Waals surface area contributed by atoms with Crippen LogP contribution in [-0.4, -0.2) is 24.1 Å². The number of carbonyl (C=O) groups excluding carboxylic acids is 1. The number of aromatic carboxylic acids is 1. The first-order valence-electron chi connectivity index (χ1n) is 10.9. The molecule has 1 saturated carbocycles. The molecule has 5 rings (SSSR count). The van der Waals surface area contributed by atoms with Crippen LogP contribution in [0.3, 0.4) is 0 Å². The van der Waals surface area contributed by atoms with Gasteiger partial charge in [-0.2, -0.15) is 13.2 Å². The van der Waals surface area contributed by atoms with Crippen molar-refractivity contribution < 1.29 is 79.2 Å². The Morgan fingerprint density at radius 1 is 1.09 bits per heavy atom. The maximum atomic E-state index is 12.9. The zero-order chi connectivity index (χ0) is 23.9. The molecule has 0 saturated heterocycles. The summed E-state index contributed by atoms with van der Waals surface area (Å²) in [6.07, 6.45) is -1.02. The largest absolute Gasteiger partial charge is 1.00 e. The molecule has 0 unspecified atom stereocenters. The van der Waals surface area contributed by atoms with Gasteiger partial charge in [0.1, 0.15) is 18.0 Å². The maximum absolute atomic E-state index is 12.9. The molecular formula is C25H21F3KN3O3. The van der Waals surface area contributed by atoms with Gasteiger partial charge in [-0.15, -0.1) is 0 Å². The SMILES string of the molecule is O=C([O-])c1ccc(C2(Nc3nccc4c3N(Cc3ccc(C(F)(F)F)cc3)CCO4)CC2)cc1.[K+]. The monoisotopic (exact) mass is 507 g/mol. The quantitative estimate of drug-likeness (QED) is 0.501. The number of nitrogens with one attached hydrogen (secondary N) is 1. The minimum Gasteiger partial charge on any atom is -0.545 e. The molecule has 1 aromatic heterocycles. The van der Waals surface area contributed by atoms with E-state index in [0.29, 0.717) is 31.3 Å². The molecule has 0 amide bonds. The molecule has 176 valence electrons. The Kier molecular flexibility index (Phi) is 7.49. The Morgan fingerprint density at radius 3 is 2.37 bits per heavy atom. The molecule has 0 bridgehead atoms. The number of carboxylic acids is 1. The van der Waals surface area contributed by atoms with E-state index in [1.165, 1.54) is 24.3 Å². The number of halogens is 3. The minimum atomic E-state index is -4.37. The van der Waals surface area contributed by atoms with Crippen LogP contribution in [-0.2, 0) is 18.3 Å². The number of carbonyl (C=O) groups is 1. The molecule has 2 heterocycles. The van der Waals surface area contributed by atoms with Gasteiger partial charge >= 0.3 is 57.6 Å². The minimum absolute atomic E-state index is 0. The summed E-state index contributed by atoms with van der Waals surface area (Å²) < 4.78 is 44.6. The summed E-state index contributed by atoms with van der Waals surface area (Å²) in [4.78, 5) is 17.7. The summed E-state index contributed by atoms with van der Waals surface area (Å²) in [5.41, 5.74) is 1.52. The predicted octanol–water partition coefficient (Wildman–Crippen LogP) is 0.968. The van der Waals surface area contributed by atoms with Gasteiger partial charge in [-0.3, -0.25) is 0 Å². The van der Waals surface area contributed by atoms with Crippen molar-refractivity contribution in [3.05, 3.63) is 83.0 Å². The molecule has 1 fully saturated rings. The Bertz CT molecular complexity index is 1210. The van der Waals surface area contributed by atoms with E-state index in [4.69, 9.17) is 4.74 Å². The van der Waals surface area contributed by atoms with Crippen molar-refractivity contribution in [2.75, 3.05) is 23.4 Å². The molecule has 0 spiro atoms. The Labute approximate surface area is 242 Å². The summed E-state index contributed by atoms with van der Waals surface area (Å²) in [6.45, 7) is 1.41. The average Bonchev–Trinajstić information content (AvgIpc) is 3.60. The normalized spacial score (nSPS) is 15.9. The van der Waals surface area contributed by atoms with Crippen LogP contribution < -0.4 is 71.4 Å². The first kappa shape index (κ1) is 26.0. The van der Waals surface area contributed by atoms with E-state index in [2.05, 4.69) is 10.3 Å². The van der Waals surface area contributed by atoms with Crippen molar-refractivity contribution in [3.8, 4) is 5.75 Å². The van der Waals surface area contributed by atoms with Gasteiger partial charge < -0.3 is 24.9 Å². The van der Waals surface area contributed by atoms with Crippen molar-refractivity contribution in [2.45, 2.75) is 31.1 Å². The second kappa shape index (κ2) is 10.1. The van der Waals surface area contributed by atoms with Gasteiger partial charge in [-0.05, 0) is 41.7 Å². The van der Waals surface area contributed by atoms with Gasteiger partial charge in [0, 0.05) is 18.8 Å². The molecule has 1 aliphatic carbocycles. The second-order valence-electron chi connectivity index (χ2n) is 8.54. The molecule has 1 N–H and O–H groups in total. The van der Waals surface area contributed by atoms with Gasteiger partial charge in [-0.1, -0.05) is 36.4 Å². The number of benzene rings is 2. The fourth-order valence-electron chi connectivity index (χ4n) is 4.27. The Balaban J connectivity index is 0.00000289. The summed E-state index contributed by atoms with van der Waals surface area (Å²) in [7, 11) is 0. The van der Waals surface area contributed by atoms with E-state index < -0.39 is 17.7 Å². The molecule has 2 aromatic carbocycles. The smallest absolute Gasteiger partial charge is 0.545 e. The topological polar surface area (TPSA) is 77.5 Å². The number of rotatable bonds is 6. The van der Waals surface area contributed by atoms with Crippen molar-refractivity contribution in [2.24, 2.45) is 0 Å². The third-order valence-electron chi connectivity index (χ3n) is 6.26. The molecule has 3 aromatic rings. The number of ether oxygens (including phenoxy) is 1. The zero-order valence-electron chi connectivity index (χ0n) is 19.1. The first-order valence-corrected chi connectivity index (χ1v) is 10.9. The van der Waals surface area contributed by atoms with Crippen LogP contribution >= 0.6 is 0 Å². The number of alkyl halides is 3. The van der Waals surface area contributed by atoms with E-state index >= 15 is 0 Å². The molecule has 1 aliphatic heterocycles. The molecule has 0 atom stereocenters. The van der Waals surface area contributed by atoms with Crippen molar-refractivity contribution in [3.63, 3.8) is 0 Å². The van der Waals surface area contributed by atoms with Gasteiger partial charge in [0.15, 0.2) is 5.82 Å². The van der Waals surface area contributed by atoms with E-state index in [-0.39, 0.29) is 62.5 Å². The number of hydrogen-bond donors (Lipinski definition) is 1. The van der Waals surface area contributed by atoms with E-state index in [0.717, 1.165) is 41.8 Å². The summed E-state index contributed by atoms with van der Waals surface area (Å²) >= 11 is 0. The van der Waals surface area contributed by atoms with E-state index in [1.807, 2.05) is 4.90 Å². The van der Waals surface area contributed by atoms with Gasteiger partial charge in [0.2, 0.25) is 0 Å². The number of carboxylic acid groups (broad SMARTS) is 1. The summed E-state index contributed by atoms with van der Waals surface area (Å²) in [5, 5.41) is 14.6. The van der Waals surface area contributed by atoms with Crippen LogP contribution in [0.5, 0.6) is 5.75 Å². The standard InChI is InChI=1S/C25H22F3N3O3.K/c26-25(27,28)19-5-1-16(2-6-19)15-31-13-14-34-20-9-12-29-22(21(20)31)30-24(10-11-24)18-7-3-17(4-8-18)23(32)33;/h1-9,12H,10-11,13-15H2,(H,29,30)(H,32,33);/q;+1/p-1. The number of nitrogens with zero attached hydrogens (tertiary/aromatic N) is 2. The number of aromatic nitrogens is 1. The number of fused-ring (bicyclic) bond motifs is 1. The molecule has 10 heteroatoms. The fourth-order valence-corrected chi connectivity index (χ4v) is 4.27. The molecule has 2 aliphatic rings. The average molecular weight is 508 g/mol. The molecule has 6 nitrogen and oxygen atoms in total. The van der Waals surface area contributed by atoms with Crippen LogP contribution in [0, 0.1) is 0 Å². The molecule has 35 heavy (non-hydrogen) atoms. The number of hydrogen-bond acceptors (Lipinski definition) is 6. The van der Waals surface area contributed by atoms with Crippen molar-refractivity contribution >= 4 is 17.5 Å². The second-order valence-corrected chi connectivity index (χ2v) is 8.54. The summed E-state index contributed by atoms with van der Waals surface area (Å²) in [6, 6.07) is 13.5. The van der Waals surface area contributed by atoms with Gasteiger partial charge in [-0.25, -0.2) is 4.98 Å². The van der Waals surface area contributed by atoms with Crippen LogP contribution in [0.25, 0.3) is 0 Å². The van der Waals surface area contributed by atoms with Crippen LogP contribution in [0.4, 0.5) is 24.7 Å². The van der Waals surface area contributed by atoms with Crippen molar-refractivity contribution in [1.29, 1.82) is 0 Å². The third-order valence-corrected chi connectivity index (χ3v) is 6.26. The van der Waals surface area contributed by atoms with Gasteiger partial charge in [0.25, 0.3) is 0 Å². The fraction of sp³-hybridized carbons (Fsp3) is 0.280. The molecular weight excluding hydrogens is 486 g/mol. The number of pyridine rings is 1. The zero-order valence-corrected chi connectivity index (χ0v) is 22.2. The Hall–Kier alpha value is -2.11. The third kappa shape index (κ3) is 5.51. The number of anilines is 2. The van der Waals surface area contributed by atoms with Crippen LogP contribution in [0.1, 0.15) is 39.9 Å². The summed E-state index contributed by atoms with van der Waals surface area (Å²) in [5.74, 6) is 0.0450. The van der Waals surface area contributed by atoms with Crippen LogP contribution in [0.2, 0.25) is 0 Å². The van der Waals surface area contributed by atoms with Crippen molar-refractivity contribution in [1.82, 2.24) is 4.98 Å².